The summed E-state index contributed by atoms with van der Waals surface area (Å²) in [5.41, 5.74) is 2.26. The van der Waals surface area contributed by atoms with E-state index in [4.69, 9.17) is 0 Å². The van der Waals surface area contributed by atoms with Gasteiger partial charge in [-0.1, -0.05) is 0 Å². The van der Waals surface area contributed by atoms with E-state index in [1.807, 2.05) is 0 Å². The Hall–Kier alpha value is -1.12. The largest absolute Gasteiger partial charge is 0.268 e. The molecule has 0 amide bonds. The van der Waals surface area contributed by atoms with E-state index >= 15 is 0 Å². The second-order valence-electron chi connectivity index (χ2n) is 3.45. The second-order valence-corrected chi connectivity index (χ2v) is 3.45. The topological polar surface area (TPSA) is 45.8 Å². The quantitative estimate of drug-likeness (QED) is 0.580. The molecule has 1 N–H and O–H groups in total. The predicted molar refractivity (Wildman–Crippen MR) is 39.4 cm³/mol. The van der Waals surface area contributed by atoms with Crippen LogP contribution < -0.4 is 5.56 Å². The highest BCUT2D eigenvalue weighted by Crippen LogP contribution is 2.54. The summed E-state index contributed by atoms with van der Waals surface area (Å²) in [4.78, 5) is 10.8. The molecule has 11 heavy (non-hydrogen) atoms. The Morgan fingerprint density at radius 3 is 3.45 bits per heavy atom. The Bertz CT molecular complexity index is 369. The van der Waals surface area contributed by atoms with Gasteiger partial charge in [0, 0.05) is 12.0 Å². The molecule has 3 rings (SSSR count). The normalized spacial score (nSPS) is 31.3. The van der Waals surface area contributed by atoms with Gasteiger partial charge in [-0.25, -0.2) is 5.10 Å². The van der Waals surface area contributed by atoms with E-state index in [1.54, 1.807) is 6.07 Å². The molecule has 0 aliphatic heterocycles. The fraction of sp³-hybridized carbons (Fsp3) is 0.500. The molecule has 2 aliphatic rings. The fourth-order valence-electron chi connectivity index (χ4n) is 2.03. The van der Waals surface area contributed by atoms with Crippen LogP contribution in [0.1, 0.15) is 23.6 Å². The summed E-state index contributed by atoms with van der Waals surface area (Å²) in [5, 5.41) is 6.53. The summed E-state index contributed by atoms with van der Waals surface area (Å²) in [6.45, 7) is 0. The second kappa shape index (κ2) is 1.55. The molecule has 1 fully saturated rings. The van der Waals surface area contributed by atoms with Gasteiger partial charge >= 0.3 is 0 Å². The van der Waals surface area contributed by atoms with Gasteiger partial charge in [-0.15, -0.1) is 0 Å². The lowest BCUT2D eigenvalue weighted by atomic mass is 10.2. The van der Waals surface area contributed by atoms with E-state index in [0.717, 1.165) is 18.0 Å². The van der Waals surface area contributed by atoms with Gasteiger partial charge in [0.2, 0.25) is 0 Å². The van der Waals surface area contributed by atoms with Crippen LogP contribution >= 0.6 is 0 Å². The van der Waals surface area contributed by atoms with Crippen molar-refractivity contribution in [3.8, 4) is 0 Å². The maximum Gasteiger partial charge on any atom is 0.264 e. The number of hydrogen-bond donors (Lipinski definition) is 1. The molecule has 56 valence electrons. The summed E-state index contributed by atoms with van der Waals surface area (Å²) < 4.78 is 0. The lowest BCUT2D eigenvalue weighted by Gasteiger charge is -1.96. The van der Waals surface area contributed by atoms with E-state index in [1.165, 1.54) is 12.0 Å². The molecule has 2 unspecified atom stereocenters. The number of nitrogens with one attached hydrogen (secondary N) is 1. The van der Waals surface area contributed by atoms with E-state index in [0.29, 0.717) is 5.92 Å². The predicted octanol–water partition coefficient (Wildman–Crippen LogP) is 0.429. The summed E-state index contributed by atoms with van der Waals surface area (Å²) in [5.74, 6) is 1.49. The van der Waals surface area contributed by atoms with Crippen molar-refractivity contribution in [2.75, 3.05) is 0 Å². The van der Waals surface area contributed by atoms with Crippen LogP contribution in [0.25, 0.3) is 0 Å². The van der Waals surface area contributed by atoms with Gasteiger partial charge in [-0.2, -0.15) is 5.10 Å². The number of aromatic nitrogens is 2. The van der Waals surface area contributed by atoms with Crippen LogP contribution in [0.5, 0.6) is 0 Å². The van der Waals surface area contributed by atoms with Crippen molar-refractivity contribution in [2.24, 2.45) is 5.92 Å². The van der Waals surface area contributed by atoms with Crippen LogP contribution in [0.15, 0.2) is 10.9 Å². The molecular weight excluding hydrogens is 140 g/mol. The van der Waals surface area contributed by atoms with Crippen LogP contribution in [0.4, 0.5) is 0 Å². The minimum absolute atomic E-state index is 0.0648. The molecule has 1 aromatic heterocycles. The lowest BCUT2D eigenvalue weighted by Crippen LogP contribution is -2.09. The number of H-pyrrole nitrogens is 1. The first-order valence-corrected chi connectivity index (χ1v) is 3.93. The first-order valence-electron chi connectivity index (χ1n) is 3.93. The van der Waals surface area contributed by atoms with Crippen molar-refractivity contribution < 1.29 is 0 Å². The monoisotopic (exact) mass is 148 g/mol. The molecular formula is C8H8N2O. The van der Waals surface area contributed by atoms with E-state index in [9.17, 15) is 4.79 Å². The van der Waals surface area contributed by atoms with Crippen LogP contribution in [-0.4, -0.2) is 10.2 Å². The molecule has 3 nitrogen and oxygen atoms in total. The zero-order chi connectivity index (χ0) is 7.42. The summed E-state index contributed by atoms with van der Waals surface area (Å²) in [6, 6.07) is 1.69. The smallest absolute Gasteiger partial charge is 0.264 e. The first kappa shape index (κ1) is 5.52. The molecule has 1 aromatic rings. The van der Waals surface area contributed by atoms with Crippen LogP contribution in [0.2, 0.25) is 0 Å². The van der Waals surface area contributed by atoms with Crippen LogP contribution in [0, 0.1) is 5.92 Å². The van der Waals surface area contributed by atoms with Gasteiger partial charge in [0.15, 0.2) is 0 Å². The molecule has 0 aromatic carbocycles. The maximum absolute atomic E-state index is 10.8. The zero-order valence-electron chi connectivity index (χ0n) is 6.00. The molecule has 0 bridgehead atoms. The SMILES string of the molecule is O=c1cc2c(n[nH]1)C1CC1C2. The highest BCUT2D eigenvalue weighted by atomic mass is 16.1. The Labute approximate surface area is 63.4 Å². The number of fused-ring (bicyclic) bond motifs is 3. The van der Waals surface area contributed by atoms with Gasteiger partial charge in [-0.05, 0) is 24.3 Å². The standard InChI is InChI=1S/C8H8N2O/c11-7-3-5-1-4-2-6(4)8(5)10-9-7/h3-4,6H,1-2H2,(H,9,11). The number of hydrogen-bond acceptors (Lipinski definition) is 2. The summed E-state index contributed by atoms with van der Waals surface area (Å²) in [6.07, 6.45) is 2.36. The van der Waals surface area contributed by atoms with Crippen LogP contribution in [-0.2, 0) is 6.42 Å². The van der Waals surface area contributed by atoms with Gasteiger partial charge in [0.05, 0.1) is 5.69 Å². The highest BCUT2D eigenvalue weighted by molar-refractivity contribution is 5.34. The molecule has 2 atom stereocenters. The van der Waals surface area contributed by atoms with Gasteiger partial charge < -0.3 is 0 Å². The first-order chi connectivity index (χ1) is 5.34. The van der Waals surface area contributed by atoms with Gasteiger partial charge in [-0.3, -0.25) is 4.79 Å². The van der Waals surface area contributed by atoms with Crippen molar-refractivity contribution in [3.05, 3.63) is 27.7 Å². The number of aromatic amines is 1. The summed E-state index contributed by atoms with van der Waals surface area (Å²) in [7, 11) is 0. The van der Waals surface area contributed by atoms with Crippen molar-refractivity contribution in [3.63, 3.8) is 0 Å². The van der Waals surface area contributed by atoms with Crippen molar-refractivity contribution in [1.29, 1.82) is 0 Å². The number of rotatable bonds is 0. The minimum Gasteiger partial charge on any atom is -0.268 e. The van der Waals surface area contributed by atoms with Crippen molar-refractivity contribution in [1.82, 2.24) is 10.2 Å². The van der Waals surface area contributed by atoms with Crippen molar-refractivity contribution in [2.45, 2.75) is 18.8 Å². The average Bonchev–Trinajstić information content (AvgIpc) is 2.63. The lowest BCUT2D eigenvalue weighted by molar-refractivity contribution is 0.856. The fourth-order valence-corrected chi connectivity index (χ4v) is 2.03. The molecule has 0 spiro atoms. The molecule has 0 radical (unpaired) electrons. The van der Waals surface area contributed by atoms with Crippen molar-refractivity contribution >= 4 is 0 Å². The average molecular weight is 148 g/mol. The highest BCUT2D eigenvalue weighted by Gasteiger charge is 2.46. The molecule has 1 saturated carbocycles. The Morgan fingerprint density at radius 2 is 2.55 bits per heavy atom. The van der Waals surface area contributed by atoms with E-state index < -0.39 is 0 Å². The Kier molecular flexibility index (Phi) is 0.776. The number of nitrogens with zero attached hydrogens (tertiary/aromatic N) is 1. The molecule has 0 saturated heterocycles. The van der Waals surface area contributed by atoms with Crippen LogP contribution in [0.3, 0.4) is 0 Å². The molecule has 3 heteroatoms. The minimum atomic E-state index is -0.0648. The third-order valence-corrected chi connectivity index (χ3v) is 2.68. The maximum atomic E-state index is 10.8. The Balaban J connectivity index is 2.26. The van der Waals surface area contributed by atoms with Gasteiger partial charge in [0.1, 0.15) is 0 Å². The zero-order valence-corrected chi connectivity index (χ0v) is 6.00. The summed E-state index contributed by atoms with van der Waals surface area (Å²) >= 11 is 0. The third kappa shape index (κ3) is 0.628. The van der Waals surface area contributed by atoms with E-state index in [2.05, 4.69) is 10.2 Å². The Morgan fingerprint density at radius 1 is 1.64 bits per heavy atom. The molecule has 1 heterocycles. The van der Waals surface area contributed by atoms with E-state index in [-0.39, 0.29) is 5.56 Å². The third-order valence-electron chi connectivity index (χ3n) is 2.68. The molecule has 2 aliphatic carbocycles. The van der Waals surface area contributed by atoms with Gasteiger partial charge in [0.25, 0.3) is 5.56 Å².